The second-order valence-corrected chi connectivity index (χ2v) is 8.98. The maximum atomic E-state index is 12.6. The van der Waals surface area contributed by atoms with Crippen molar-refractivity contribution in [2.75, 3.05) is 18.9 Å². The molecule has 0 saturated carbocycles. The van der Waals surface area contributed by atoms with Gasteiger partial charge in [-0.2, -0.15) is 0 Å². The number of carbonyl (C=O) groups is 1. The number of hydrogen-bond donors (Lipinski definition) is 1. The number of rotatable bonds is 8. The summed E-state index contributed by atoms with van der Waals surface area (Å²) in [4.78, 5) is 12.6. The number of nitrogens with one attached hydrogen (secondary N) is 1. The number of nitrogens with zero attached hydrogens (tertiary/aromatic N) is 3. The second-order valence-electron chi connectivity index (χ2n) is 6.94. The lowest BCUT2D eigenvalue weighted by atomic mass is 10.1. The minimum Gasteiger partial charge on any atom is -0.403 e. The zero-order valence-corrected chi connectivity index (χ0v) is 17.9. The van der Waals surface area contributed by atoms with Crippen molar-refractivity contribution in [3.8, 4) is 11.5 Å². The van der Waals surface area contributed by atoms with E-state index in [0.29, 0.717) is 12.4 Å². The topological polar surface area (TPSA) is 105 Å². The van der Waals surface area contributed by atoms with E-state index in [-0.39, 0.29) is 16.5 Å². The van der Waals surface area contributed by atoms with E-state index < -0.39 is 15.9 Å². The van der Waals surface area contributed by atoms with Crippen molar-refractivity contribution in [3.63, 3.8) is 0 Å². The van der Waals surface area contributed by atoms with Crippen LogP contribution in [0, 0.1) is 6.92 Å². The van der Waals surface area contributed by atoms with E-state index in [0.717, 1.165) is 24.0 Å². The number of aromatic nitrogens is 2. The van der Waals surface area contributed by atoms with Gasteiger partial charge in [-0.3, -0.25) is 10.1 Å². The molecule has 0 saturated heterocycles. The molecule has 1 heterocycles. The van der Waals surface area contributed by atoms with Crippen LogP contribution in [0.25, 0.3) is 11.5 Å². The van der Waals surface area contributed by atoms with Gasteiger partial charge in [0.15, 0.2) is 0 Å². The fraction of sp³-hybridized carbons (Fsp3) is 0.286. The summed E-state index contributed by atoms with van der Waals surface area (Å²) in [5.41, 5.74) is 2.13. The van der Waals surface area contributed by atoms with Crippen LogP contribution in [0.3, 0.4) is 0 Å². The first-order chi connectivity index (χ1) is 14.3. The third-order valence-corrected chi connectivity index (χ3v) is 6.47. The number of hydrogen-bond acceptors (Lipinski definition) is 6. The smallest absolute Gasteiger partial charge is 0.322 e. The molecule has 0 aliphatic heterocycles. The summed E-state index contributed by atoms with van der Waals surface area (Å²) >= 11 is 0. The molecular weight excluding hydrogens is 404 g/mol. The highest BCUT2D eigenvalue weighted by Crippen LogP contribution is 2.21. The molecule has 8 nitrogen and oxygen atoms in total. The SMILES string of the molecule is CCCCN(C)S(=O)(=O)c1ccc(C(=O)Nc2nnc(-c3ccc(C)cc3)o2)cc1. The van der Waals surface area contributed by atoms with Gasteiger partial charge in [0, 0.05) is 24.7 Å². The fourth-order valence-corrected chi connectivity index (χ4v) is 3.92. The molecule has 0 bridgehead atoms. The van der Waals surface area contributed by atoms with Gasteiger partial charge in [-0.05, 0) is 49.7 Å². The Hall–Kier alpha value is -3.04. The Morgan fingerprint density at radius 2 is 1.73 bits per heavy atom. The number of carbonyl (C=O) groups excluding carboxylic acids is 1. The minimum atomic E-state index is -3.58. The van der Waals surface area contributed by atoms with Crippen LogP contribution in [0.4, 0.5) is 6.01 Å². The van der Waals surface area contributed by atoms with Crippen molar-refractivity contribution in [1.29, 1.82) is 0 Å². The maximum Gasteiger partial charge on any atom is 0.322 e. The maximum absolute atomic E-state index is 12.6. The molecule has 3 aromatic rings. The van der Waals surface area contributed by atoms with Crippen LogP contribution >= 0.6 is 0 Å². The lowest BCUT2D eigenvalue weighted by Crippen LogP contribution is -2.28. The van der Waals surface area contributed by atoms with E-state index in [9.17, 15) is 13.2 Å². The molecule has 0 atom stereocenters. The van der Waals surface area contributed by atoms with Crippen molar-refractivity contribution < 1.29 is 17.6 Å². The Balaban J connectivity index is 1.69. The molecule has 1 N–H and O–H groups in total. The monoisotopic (exact) mass is 428 g/mol. The Morgan fingerprint density at radius 3 is 2.37 bits per heavy atom. The third-order valence-electron chi connectivity index (χ3n) is 4.60. The number of unbranched alkanes of at least 4 members (excludes halogenated alkanes) is 1. The van der Waals surface area contributed by atoms with Gasteiger partial charge in [0.2, 0.25) is 15.9 Å². The van der Waals surface area contributed by atoms with Gasteiger partial charge >= 0.3 is 6.01 Å². The average Bonchev–Trinajstić information content (AvgIpc) is 3.20. The number of anilines is 1. The number of sulfonamides is 1. The van der Waals surface area contributed by atoms with Crippen LogP contribution in [-0.4, -0.2) is 42.4 Å². The number of amides is 1. The van der Waals surface area contributed by atoms with Crippen LogP contribution in [0.1, 0.15) is 35.7 Å². The number of aryl methyl sites for hydroxylation is 1. The third kappa shape index (κ3) is 4.92. The highest BCUT2D eigenvalue weighted by atomic mass is 32.2. The number of benzene rings is 2. The van der Waals surface area contributed by atoms with Gasteiger partial charge in [0.1, 0.15) is 0 Å². The van der Waals surface area contributed by atoms with Crippen LogP contribution < -0.4 is 5.32 Å². The first-order valence-electron chi connectivity index (χ1n) is 9.59. The van der Waals surface area contributed by atoms with Crippen molar-refractivity contribution >= 4 is 21.9 Å². The van der Waals surface area contributed by atoms with E-state index in [1.165, 1.54) is 28.6 Å². The molecule has 1 aromatic heterocycles. The summed E-state index contributed by atoms with van der Waals surface area (Å²) in [5, 5.41) is 10.3. The van der Waals surface area contributed by atoms with Crippen molar-refractivity contribution in [2.24, 2.45) is 0 Å². The first kappa shape index (κ1) is 21.7. The summed E-state index contributed by atoms with van der Waals surface area (Å²) in [7, 11) is -2.03. The van der Waals surface area contributed by atoms with E-state index >= 15 is 0 Å². The largest absolute Gasteiger partial charge is 0.403 e. The van der Waals surface area contributed by atoms with Crippen molar-refractivity contribution in [3.05, 3.63) is 59.7 Å². The van der Waals surface area contributed by atoms with Crippen molar-refractivity contribution in [1.82, 2.24) is 14.5 Å². The average molecular weight is 429 g/mol. The Bertz CT molecular complexity index is 1110. The summed E-state index contributed by atoms with van der Waals surface area (Å²) in [5.74, 6) is -0.181. The van der Waals surface area contributed by atoms with E-state index in [1.807, 2.05) is 38.1 Å². The highest BCUT2D eigenvalue weighted by Gasteiger charge is 2.21. The molecule has 0 aliphatic rings. The summed E-state index contributed by atoms with van der Waals surface area (Å²) in [6, 6.07) is 13.2. The molecule has 1 amide bonds. The molecule has 0 fully saturated rings. The molecular formula is C21H24N4O4S. The van der Waals surface area contributed by atoms with Gasteiger partial charge in [-0.15, -0.1) is 5.10 Å². The zero-order valence-electron chi connectivity index (χ0n) is 17.1. The molecule has 0 spiro atoms. The quantitative estimate of drug-likeness (QED) is 0.586. The van der Waals surface area contributed by atoms with Crippen LogP contribution in [0.2, 0.25) is 0 Å². The molecule has 0 aliphatic carbocycles. The normalized spacial score (nSPS) is 11.6. The predicted molar refractivity (Wildman–Crippen MR) is 114 cm³/mol. The highest BCUT2D eigenvalue weighted by molar-refractivity contribution is 7.89. The molecule has 158 valence electrons. The Morgan fingerprint density at radius 1 is 1.07 bits per heavy atom. The van der Waals surface area contributed by atoms with Gasteiger partial charge in [0.05, 0.1) is 4.90 Å². The minimum absolute atomic E-state index is 0.0356. The second kappa shape index (κ2) is 9.19. The van der Waals surface area contributed by atoms with E-state index in [2.05, 4.69) is 15.5 Å². The fourth-order valence-electron chi connectivity index (χ4n) is 2.72. The van der Waals surface area contributed by atoms with Crippen LogP contribution in [0.5, 0.6) is 0 Å². The summed E-state index contributed by atoms with van der Waals surface area (Å²) in [6.07, 6.45) is 1.69. The van der Waals surface area contributed by atoms with Crippen LogP contribution in [-0.2, 0) is 10.0 Å². The lowest BCUT2D eigenvalue weighted by Gasteiger charge is -2.16. The molecule has 0 unspecified atom stereocenters. The zero-order chi connectivity index (χ0) is 21.7. The van der Waals surface area contributed by atoms with E-state index in [1.54, 1.807) is 7.05 Å². The van der Waals surface area contributed by atoms with Gasteiger partial charge < -0.3 is 4.42 Å². The standard InChI is InChI=1S/C21H24N4O4S/c1-4-5-14-25(3)30(27,28)18-12-10-16(11-13-18)19(26)22-21-24-23-20(29-21)17-8-6-15(2)7-9-17/h6-13H,4-5,14H2,1-3H3,(H,22,24,26). The van der Waals surface area contributed by atoms with Crippen LogP contribution in [0.15, 0.2) is 57.8 Å². The molecule has 0 radical (unpaired) electrons. The first-order valence-corrected chi connectivity index (χ1v) is 11.0. The lowest BCUT2D eigenvalue weighted by molar-refractivity contribution is 0.102. The van der Waals surface area contributed by atoms with Gasteiger partial charge in [-0.25, -0.2) is 12.7 Å². The molecule has 9 heteroatoms. The molecule has 3 rings (SSSR count). The van der Waals surface area contributed by atoms with Gasteiger partial charge in [0.25, 0.3) is 5.91 Å². The summed E-state index contributed by atoms with van der Waals surface area (Å²) in [6.45, 7) is 4.42. The van der Waals surface area contributed by atoms with Crippen molar-refractivity contribution in [2.45, 2.75) is 31.6 Å². The predicted octanol–water partition coefficient (Wildman–Crippen LogP) is 3.72. The Kier molecular flexibility index (Phi) is 6.63. The van der Waals surface area contributed by atoms with E-state index in [4.69, 9.17) is 4.42 Å². The summed E-state index contributed by atoms with van der Waals surface area (Å²) < 4.78 is 31.9. The Labute approximate surface area is 176 Å². The molecule has 30 heavy (non-hydrogen) atoms. The van der Waals surface area contributed by atoms with Gasteiger partial charge in [-0.1, -0.05) is 36.1 Å². The molecule has 2 aromatic carbocycles.